The van der Waals surface area contributed by atoms with Gasteiger partial charge in [0.1, 0.15) is 5.82 Å². The summed E-state index contributed by atoms with van der Waals surface area (Å²) in [6, 6.07) is 9.41. The van der Waals surface area contributed by atoms with Gasteiger partial charge in [-0.1, -0.05) is 0 Å². The molecule has 26 heavy (non-hydrogen) atoms. The number of carbonyl (C=O) groups excluding carboxylic acids is 2. The van der Waals surface area contributed by atoms with Gasteiger partial charge in [0.05, 0.1) is 11.4 Å². The molecule has 1 heterocycles. The van der Waals surface area contributed by atoms with E-state index in [0.29, 0.717) is 18.7 Å². The number of nitrogens with one attached hydrogen (secondary N) is 1. The van der Waals surface area contributed by atoms with Crippen LogP contribution in [0, 0.1) is 5.82 Å². The number of carbonyl (C=O) groups is 2. The number of sulfonamides is 1. The fourth-order valence-corrected chi connectivity index (χ4v) is 3.89. The topological polar surface area (TPSA) is 83.6 Å². The minimum Gasteiger partial charge on any atom is -0.312 e. The third kappa shape index (κ3) is 3.66. The van der Waals surface area contributed by atoms with Crippen molar-refractivity contribution in [1.29, 1.82) is 0 Å². The fraction of sp³-hybridized carbons (Fsp3) is 0.222. The Morgan fingerprint density at radius 2 is 1.85 bits per heavy atom. The van der Waals surface area contributed by atoms with Crippen LogP contribution in [0.25, 0.3) is 0 Å². The average molecular weight is 376 g/mol. The van der Waals surface area contributed by atoms with Gasteiger partial charge in [0.2, 0.25) is 15.9 Å². The number of amides is 1. The lowest BCUT2D eigenvalue weighted by Crippen LogP contribution is -2.29. The number of benzene rings is 2. The predicted octanol–water partition coefficient (Wildman–Crippen LogP) is 1.90. The lowest BCUT2D eigenvalue weighted by atomic mass is 10.1. The average Bonchev–Trinajstić information content (AvgIpc) is 3.04. The standard InChI is InChI=1S/C18H17FN2O4S/c1-12(22)21-9-8-14-10-16(6-7-17(14)21)26(24,25)20-11-18(23)13-2-4-15(19)5-3-13/h2-7,10,20H,8-9,11H2,1H3. The van der Waals surface area contributed by atoms with Crippen LogP contribution < -0.4 is 9.62 Å². The van der Waals surface area contributed by atoms with Crippen LogP contribution >= 0.6 is 0 Å². The molecule has 0 saturated carbocycles. The van der Waals surface area contributed by atoms with Crippen molar-refractivity contribution in [2.75, 3.05) is 18.0 Å². The number of nitrogens with zero attached hydrogens (tertiary/aromatic N) is 1. The van der Waals surface area contributed by atoms with Crippen LogP contribution in [0.1, 0.15) is 22.8 Å². The summed E-state index contributed by atoms with van der Waals surface area (Å²) in [5.41, 5.74) is 1.70. The molecule has 0 fully saturated rings. The highest BCUT2D eigenvalue weighted by molar-refractivity contribution is 7.89. The highest BCUT2D eigenvalue weighted by Gasteiger charge is 2.25. The summed E-state index contributed by atoms with van der Waals surface area (Å²) in [6.45, 7) is 1.55. The Morgan fingerprint density at radius 1 is 1.15 bits per heavy atom. The maximum Gasteiger partial charge on any atom is 0.240 e. The van der Waals surface area contributed by atoms with Gasteiger partial charge >= 0.3 is 0 Å². The van der Waals surface area contributed by atoms with Crippen LogP contribution in [0.15, 0.2) is 47.4 Å². The van der Waals surface area contributed by atoms with E-state index in [1.165, 1.54) is 31.2 Å². The van der Waals surface area contributed by atoms with E-state index >= 15 is 0 Å². The monoisotopic (exact) mass is 376 g/mol. The first-order valence-corrected chi connectivity index (χ1v) is 9.46. The van der Waals surface area contributed by atoms with E-state index in [1.54, 1.807) is 11.0 Å². The Balaban J connectivity index is 1.74. The summed E-state index contributed by atoms with van der Waals surface area (Å²) in [4.78, 5) is 25.2. The molecule has 136 valence electrons. The minimum atomic E-state index is -3.88. The Kier molecular flexibility index (Phi) is 4.88. The molecule has 0 aliphatic carbocycles. The largest absolute Gasteiger partial charge is 0.312 e. The molecular formula is C18H17FN2O4S. The van der Waals surface area contributed by atoms with Crippen molar-refractivity contribution in [3.05, 3.63) is 59.4 Å². The van der Waals surface area contributed by atoms with Crippen molar-refractivity contribution in [2.24, 2.45) is 0 Å². The summed E-state index contributed by atoms with van der Waals surface area (Å²) in [6.07, 6.45) is 0.576. The third-order valence-corrected chi connectivity index (χ3v) is 5.62. The maximum atomic E-state index is 12.9. The van der Waals surface area contributed by atoms with Gasteiger partial charge < -0.3 is 4.90 Å². The number of hydrogen-bond donors (Lipinski definition) is 1. The first-order valence-electron chi connectivity index (χ1n) is 7.97. The molecule has 0 unspecified atom stereocenters. The van der Waals surface area contributed by atoms with Gasteiger partial charge in [0, 0.05) is 24.7 Å². The molecule has 1 amide bonds. The number of ketones is 1. The number of anilines is 1. The fourth-order valence-electron chi connectivity index (χ4n) is 2.85. The van der Waals surface area contributed by atoms with Gasteiger partial charge in [-0.05, 0) is 54.4 Å². The molecular weight excluding hydrogens is 359 g/mol. The minimum absolute atomic E-state index is 0.0357. The van der Waals surface area contributed by atoms with E-state index < -0.39 is 28.2 Å². The first-order chi connectivity index (χ1) is 12.3. The van der Waals surface area contributed by atoms with Gasteiger partial charge in [0.15, 0.2) is 5.78 Å². The second-order valence-corrected chi connectivity index (χ2v) is 7.73. The van der Waals surface area contributed by atoms with Crippen molar-refractivity contribution in [3.8, 4) is 0 Å². The SMILES string of the molecule is CC(=O)N1CCc2cc(S(=O)(=O)NCC(=O)c3ccc(F)cc3)ccc21. The highest BCUT2D eigenvalue weighted by atomic mass is 32.2. The Morgan fingerprint density at radius 3 is 2.50 bits per heavy atom. The number of halogens is 1. The zero-order valence-electron chi connectivity index (χ0n) is 14.0. The first kappa shape index (κ1) is 18.2. The molecule has 0 saturated heterocycles. The van der Waals surface area contributed by atoms with Crippen LogP contribution in [-0.2, 0) is 21.2 Å². The summed E-state index contributed by atoms with van der Waals surface area (Å²) in [7, 11) is -3.88. The molecule has 1 aliphatic rings. The smallest absolute Gasteiger partial charge is 0.240 e. The van der Waals surface area contributed by atoms with Crippen LogP contribution in [0.5, 0.6) is 0 Å². The van der Waals surface area contributed by atoms with Crippen molar-refractivity contribution in [3.63, 3.8) is 0 Å². The number of Topliss-reactive ketones (excluding diaryl/α,β-unsaturated/α-hetero) is 1. The van der Waals surface area contributed by atoms with Crippen molar-refractivity contribution in [2.45, 2.75) is 18.2 Å². The van der Waals surface area contributed by atoms with E-state index in [4.69, 9.17) is 0 Å². The molecule has 0 spiro atoms. The van der Waals surface area contributed by atoms with Crippen LogP contribution in [-0.4, -0.2) is 33.2 Å². The van der Waals surface area contributed by atoms with E-state index in [2.05, 4.69) is 4.72 Å². The van der Waals surface area contributed by atoms with Gasteiger partial charge in [0.25, 0.3) is 0 Å². The second kappa shape index (κ2) is 6.97. The van der Waals surface area contributed by atoms with E-state index in [1.807, 2.05) is 0 Å². The summed E-state index contributed by atoms with van der Waals surface area (Å²) < 4.78 is 40.0. The van der Waals surface area contributed by atoms with Crippen molar-refractivity contribution in [1.82, 2.24) is 4.72 Å². The molecule has 1 aliphatic heterocycles. The molecule has 2 aromatic carbocycles. The van der Waals surface area contributed by atoms with Gasteiger partial charge in [-0.15, -0.1) is 0 Å². The molecule has 0 aromatic heterocycles. The molecule has 8 heteroatoms. The maximum absolute atomic E-state index is 12.9. The van der Waals surface area contributed by atoms with Gasteiger partial charge in [-0.25, -0.2) is 17.5 Å². The number of fused-ring (bicyclic) bond motifs is 1. The molecule has 1 N–H and O–H groups in total. The van der Waals surface area contributed by atoms with E-state index in [-0.39, 0.29) is 16.4 Å². The van der Waals surface area contributed by atoms with Crippen LogP contribution in [0.2, 0.25) is 0 Å². The van der Waals surface area contributed by atoms with E-state index in [9.17, 15) is 22.4 Å². The lowest BCUT2D eigenvalue weighted by Gasteiger charge is -2.15. The zero-order valence-corrected chi connectivity index (χ0v) is 14.8. The van der Waals surface area contributed by atoms with Crippen molar-refractivity contribution < 1.29 is 22.4 Å². The number of hydrogen-bond acceptors (Lipinski definition) is 4. The molecule has 0 bridgehead atoms. The molecule has 6 nitrogen and oxygen atoms in total. The van der Waals surface area contributed by atoms with Crippen molar-refractivity contribution >= 4 is 27.4 Å². The highest BCUT2D eigenvalue weighted by Crippen LogP contribution is 2.30. The van der Waals surface area contributed by atoms with Gasteiger partial charge in [-0.2, -0.15) is 0 Å². The predicted molar refractivity (Wildman–Crippen MR) is 94.1 cm³/mol. The summed E-state index contributed by atoms with van der Waals surface area (Å²) >= 11 is 0. The Bertz CT molecular complexity index is 971. The van der Waals surface area contributed by atoms with Gasteiger partial charge in [-0.3, -0.25) is 9.59 Å². The van der Waals surface area contributed by atoms with Crippen LogP contribution in [0.3, 0.4) is 0 Å². The molecule has 2 aromatic rings. The van der Waals surface area contributed by atoms with Crippen LogP contribution in [0.4, 0.5) is 10.1 Å². The molecule has 3 rings (SSSR count). The third-order valence-electron chi connectivity index (χ3n) is 4.23. The number of rotatable bonds is 5. The Labute approximate surface area is 150 Å². The Hall–Kier alpha value is -2.58. The second-order valence-electron chi connectivity index (χ2n) is 5.97. The molecule has 0 atom stereocenters. The summed E-state index contributed by atoms with van der Waals surface area (Å²) in [5.74, 6) is -1.03. The molecule has 0 radical (unpaired) electrons. The summed E-state index contributed by atoms with van der Waals surface area (Å²) in [5, 5.41) is 0. The normalized spacial score (nSPS) is 13.5. The lowest BCUT2D eigenvalue weighted by molar-refractivity contribution is -0.116. The quantitative estimate of drug-likeness (QED) is 0.808. The zero-order chi connectivity index (χ0) is 18.9. The van der Waals surface area contributed by atoms with E-state index in [0.717, 1.165) is 17.7 Å².